The first-order chi connectivity index (χ1) is 12.8. The lowest BCUT2D eigenvalue weighted by atomic mass is 10.1. The number of thioether (sulfide) groups is 1. The molecule has 0 spiro atoms. The maximum absolute atomic E-state index is 5.55. The van der Waals surface area contributed by atoms with Gasteiger partial charge in [0.1, 0.15) is 0 Å². The molecule has 2 heteroatoms. The van der Waals surface area contributed by atoms with Crippen LogP contribution in [-0.4, -0.2) is 24.2 Å². The van der Waals surface area contributed by atoms with Crippen LogP contribution < -0.4 is 0 Å². The maximum Gasteiger partial charge on any atom is 0.0560 e. The van der Waals surface area contributed by atoms with Gasteiger partial charge in [-0.2, -0.15) is 11.8 Å². The van der Waals surface area contributed by atoms with Gasteiger partial charge in [-0.25, -0.2) is 0 Å². The minimum absolute atomic E-state index is 0.373. The number of benzene rings is 1. The molecule has 0 aliphatic rings. The van der Waals surface area contributed by atoms with Gasteiger partial charge in [0.15, 0.2) is 0 Å². The van der Waals surface area contributed by atoms with Gasteiger partial charge in [-0.3, -0.25) is 0 Å². The van der Waals surface area contributed by atoms with Gasteiger partial charge < -0.3 is 4.74 Å². The molecule has 0 saturated carbocycles. The van der Waals surface area contributed by atoms with Gasteiger partial charge in [-0.15, -0.1) is 0 Å². The lowest BCUT2D eigenvalue weighted by molar-refractivity contribution is 0.0920. The molecule has 1 nitrogen and oxygen atoms in total. The summed E-state index contributed by atoms with van der Waals surface area (Å²) in [4.78, 5) is 0. The molecule has 0 aliphatic carbocycles. The third-order valence-electron chi connectivity index (χ3n) is 4.28. The van der Waals surface area contributed by atoms with E-state index in [1.54, 1.807) is 0 Å². The summed E-state index contributed by atoms with van der Waals surface area (Å²) in [6.07, 6.45) is 13.8. The summed E-state index contributed by atoms with van der Waals surface area (Å²) >= 11 is 2.04. The highest BCUT2D eigenvalue weighted by atomic mass is 32.2. The molecule has 1 aromatic rings. The van der Waals surface area contributed by atoms with Crippen LogP contribution in [0.15, 0.2) is 30.3 Å². The first-order valence-electron chi connectivity index (χ1n) is 10.5. The van der Waals surface area contributed by atoms with E-state index in [1.807, 2.05) is 30.0 Å². The molecule has 0 fully saturated rings. The molecule has 0 bridgehead atoms. The van der Waals surface area contributed by atoms with E-state index in [-0.39, 0.29) is 0 Å². The second kappa shape index (κ2) is 17.5. The number of ether oxygens (including phenoxy) is 1. The van der Waals surface area contributed by atoms with Crippen molar-refractivity contribution < 1.29 is 4.74 Å². The van der Waals surface area contributed by atoms with Crippen molar-refractivity contribution in [3.8, 4) is 11.8 Å². The fourth-order valence-electron chi connectivity index (χ4n) is 2.79. The fourth-order valence-corrected chi connectivity index (χ4v) is 3.61. The largest absolute Gasteiger partial charge is 0.378 e. The van der Waals surface area contributed by atoms with Crippen molar-refractivity contribution in [2.24, 2.45) is 0 Å². The predicted molar refractivity (Wildman–Crippen MR) is 118 cm³/mol. The van der Waals surface area contributed by atoms with E-state index < -0.39 is 0 Å². The Balaban J connectivity index is 1.75. The molecular weight excluding hydrogens is 336 g/mol. The summed E-state index contributed by atoms with van der Waals surface area (Å²) < 4.78 is 5.55. The standard InChI is InChI=1S/C24H38OS/c1-23(2)25-20-22-26-21-16-11-9-7-5-3-4-6-8-10-13-17-24-18-14-12-15-19-24/h12,14-15,18-19,23H,3-11,16,20-22H2,1-2H3. The van der Waals surface area contributed by atoms with Crippen molar-refractivity contribution in [2.75, 3.05) is 18.1 Å². The molecule has 26 heavy (non-hydrogen) atoms. The molecule has 146 valence electrons. The molecular formula is C24H38OS. The quantitative estimate of drug-likeness (QED) is 0.239. The lowest BCUT2D eigenvalue weighted by Gasteiger charge is -2.06. The third-order valence-corrected chi connectivity index (χ3v) is 5.31. The van der Waals surface area contributed by atoms with Gasteiger partial charge in [0, 0.05) is 17.7 Å². The van der Waals surface area contributed by atoms with E-state index in [0.717, 1.165) is 24.3 Å². The Hall–Kier alpha value is -0.910. The second-order valence-electron chi connectivity index (χ2n) is 7.13. The number of unbranched alkanes of at least 4 members (excludes halogenated alkanes) is 9. The minimum atomic E-state index is 0.373. The topological polar surface area (TPSA) is 9.23 Å². The van der Waals surface area contributed by atoms with Crippen LogP contribution in [0.3, 0.4) is 0 Å². The Labute approximate surface area is 166 Å². The molecule has 0 radical (unpaired) electrons. The summed E-state index contributed by atoms with van der Waals surface area (Å²) in [6, 6.07) is 10.3. The van der Waals surface area contributed by atoms with Crippen molar-refractivity contribution in [1.29, 1.82) is 0 Å². The Morgan fingerprint density at radius 2 is 1.42 bits per heavy atom. The van der Waals surface area contributed by atoms with Gasteiger partial charge in [0.2, 0.25) is 0 Å². The van der Waals surface area contributed by atoms with Crippen LogP contribution in [0.25, 0.3) is 0 Å². The maximum atomic E-state index is 5.55. The molecule has 0 atom stereocenters. The van der Waals surface area contributed by atoms with Crippen molar-refractivity contribution >= 4 is 11.8 Å². The van der Waals surface area contributed by atoms with Gasteiger partial charge in [-0.05, 0) is 44.6 Å². The average Bonchev–Trinajstić information content (AvgIpc) is 2.65. The van der Waals surface area contributed by atoms with Crippen LogP contribution >= 0.6 is 11.8 Å². The highest BCUT2D eigenvalue weighted by Crippen LogP contribution is 2.12. The summed E-state index contributed by atoms with van der Waals surface area (Å²) in [6.45, 7) is 5.11. The molecule has 0 saturated heterocycles. The number of hydrogen-bond donors (Lipinski definition) is 0. The molecule has 0 heterocycles. The van der Waals surface area contributed by atoms with E-state index >= 15 is 0 Å². The summed E-state index contributed by atoms with van der Waals surface area (Å²) in [5, 5.41) is 0. The Morgan fingerprint density at radius 1 is 0.808 bits per heavy atom. The normalized spacial score (nSPS) is 10.7. The van der Waals surface area contributed by atoms with Gasteiger partial charge >= 0.3 is 0 Å². The number of hydrogen-bond acceptors (Lipinski definition) is 2. The molecule has 0 N–H and O–H groups in total. The molecule has 0 aromatic heterocycles. The van der Waals surface area contributed by atoms with Crippen LogP contribution in [0.2, 0.25) is 0 Å². The van der Waals surface area contributed by atoms with Crippen molar-refractivity contribution in [2.45, 2.75) is 84.2 Å². The zero-order chi connectivity index (χ0) is 18.7. The third kappa shape index (κ3) is 15.4. The SMILES string of the molecule is CC(C)OCCSCCCCCCCCCCCC#Cc1ccccc1. The monoisotopic (exact) mass is 374 g/mol. The summed E-state index contributed by atoms with van der Waals surface area (Å²) in [5.74, 6) is 8.97. The van der Waals surface area contributed by atoms with E-state index in [4.69, 9.17) is 4.74 Å². The van der Waals surface area contributed by atoms with Crippen LogP contribution in [-0.2, 0) is 4.74 Å². The van der Waals surface area contributed by atoms with Crippen LogP contribution in [0, 0.1) is 11.8 Å². The zero-order valence-corrected chi connectivity index (χ0v) is 17.8. The van der Waals surface area contributed by atoms with Crippen molar-refractivity contribution in [3.05, 3.63) is 35.9 Å². The van der Waals surface area contributed by atoms with Crippen LogP contribution in [0.5, 0.6) is 0 Å². The molecule has 0 aliphatic heterocycles. The second-order valence-corrected chi connectivity index (χ2v) is 8.36. The average molecular weight is 375 g/mol. The van der Waals surface area contributed by atoms with E-state index in [9.17, 15) is 0 Å². The van der Waals surface area contributed by atoms with E-state index in [0.29, 0.717) is 6.10 Å². The van der Waals surface area contributed by atoms with Crippen LogP contribution in [0.1, 0.15) is 83.6 Å². The Bertz CT molecular complexity index is 472. The van der Waals surface area contributed by atoms with E-state index in [2.05, 4.69) is 37.8 Å². The first-order valence-corrected chi connectivity index (χ1v) is 11.7. The minimum Gasteiger partial charge on any atom is -0.378 e. The molecule has 1 rings (SSSR count). The summed E-state index contributed by atoms with van der Waals surface area (Å²) in [7, 11) is 0. The first kappa shape index (κ1) is 23.1. The van der Waals surface area contributed by atoms with Crippen molar-refractivity contribution in [3.63, 3.8) is 0 Å². The highest BCUT2D eigenvalue weighted by Gasteiger charge is 1.95. The van der Waals surface area contributed by atoms with Gasteiger partial charge in [0.05, 0.1) is 12.7 Å². The fraction of sp³-hybridized carbons (Fsp3) is 0.667. The summed E-state index contributed by atoms with van der Waals surface area (Å²) in [5.41, 5.74) is 1.13. The van der Waals surface area contributed by atoms with Crippen molar-refractivity contribution in [1.82, 2.24) is 0 Å². The Morgan fingerprint density at radius 3 is 2.08 bits per heavy atom. The molecule has 0 amide bonds. The smallest absolute Gasteiger partial charge is 0.0560 e. The van der Waals surface area contributed by atoms with Crippen LogP contribution in [0.4, 0.5) is 0 Å². The molecule has 0 unspecified atom stereocenters. The number of rotatable bonds is 15. The van der Waals surface area contributed by atoms with E-state index in [1.165, 1.54) is 63.5 Å². The zero-order valence-electron chi connectivity index (χ0n) is 17.0. The van der Waals surface area contributed by atoms with Gasteiger partial charge in [-0.1, -0.05) is 75.0 Å². The Kier molecular flexibility index (Phi) is 15.6. The lowest BCUT2D eigenvalue weighted by Crippen LogP contribution is -2.05. The molecule has 1 aromatic carbocycles. The van der Waals surface area contributed by atoms with Gasteiger partial charge in [0.25, 0.3) is 0 Å². The predicted octanol–water partition coefficient (Wildman–Crippen LogP) is 7.10. The highest BCUT2D eigenvalue weighted by molar-refractivity contribution is 7.99.